The lowest BCUT2D eigenvalue weighted by atomic mass is 10.1. The van der Waals surface area contributed by atoms with Gasteiger partial charge in [0.1, 0.15) is 22.8 Å². The molecule has 3 nitrogen and oxygen atoms in total. The molecular formula is C12H6N2OS. The van der Waals surface area contributed by atoms with Crippen molar-refractivity contribution in [1.82, 2.24) is 0 Å². The number of nitrogens with zero attached hydrogens (tertiary/aromatic N) is 2. The molecule has 2 aromatic rings. The minimum atomic E-state index is -0.0247. The van der Waals surface area contributed by atoms with E-state index in [0.29, 0.717) is 4.88 Å². The summed E-state index contributed by atoms with van der Waals surface area (Å²) in [5.41, 5.74) is 1.07. The van der Waals surface area contributed by atoms with Gasteiger partial charge < -0.3 is 5.11 Å². The van der Waals surface area contributed by atoms with Crippen molar-refractivity contribution in [3.8, 4) is 28.3 Å². The van der Waals surface area contributed by atoms with Crippen LogP contribution >= 0.6 is 11.3 Å². The number of aromatic hydroxyl groups is 1. The molecule has 0 saturated carbocycles. The fraction of sp³-hybridized carbons (Fsp3) is 0. The zero-order valence-corrected chi connectivity index (χ0v) is 8.95. The predicted octanol–water partition coefficient (Wildman–Crippen LogP) is 2.86. The van der Waals surface area contributed by atoms with E-state index in [9.17, 15) is 5.11 Å². The number of hydrogen-bond acceptors (Lipinski definition) is 4. The first-order valence-corrected chi connectivity index (χ1v) is 5.29. The number of rotatable bonds is 1. The van der Waals surface area contributed by atoms with Gasteiger partial charge in [0.25, 0.3) is 0 Å². The molecule has 1 aromatic heterocycles. The molecule has 0 aliphatic heterocycles. The molecular weight excluding hydrogens is 220 g/mol. The highest BCUT2D eigenvalue weighted by Gasteiger charge is 2.06. The molecule has 0 atom stereocenters. The molecule has 0 bridgehead atoms. The molecule has 0 fully saturated rings. The predicted molar refractivity (Wildman–Crippen MR) is 60.8 cm³/mol. The first kappa shape index (κ1) is 10.2. The van der Waals surface area contributed by atoms with Gasteiger partial charge in [-0.1, -0.05) is 0 Å². The zero-order chi connectivity index (χ0) is 11.5. The third-order valence-electron chi connectivity index (χ3n) is 2.12. The minimum absolute atomic E-state index is 0.0247. The Morgan fingerprint density at radius 1 is 1.06 bits per heavy atom. The Bertz CT molecular complexity index is 617. The Morgan fingerprint density at radius 3 is 2.50 bits per heavy atom. The lowest BCUT2D eigenvalue weighted by Gasteiger charge is -1.99. The molecule has 1 aromatic carbocycles. The van der Waals surface area contributed by atoms with Gasteiger partial charge in [0.15, 0.2) is 0 Å². The van der Waals surface area contributed by atoms with Gasteiger partial charge in [-0.15, -0.1) is 11.3 Å². The van der Waals surface area contributed by atoms with Crippen molar-refractivity contribution in [3.05, 3.63) is 40.8 Å². The summed E-state index contributed by atoms with van der Waals surface area (Å²) in [6.45, 7) is 0. The Balaban J connectivity index is 2.50. The van der Waals surface area contributed by atoms with E-state index in [1.165, 1.54) is 17.4 Å². The van der Waals surface area contributed by atoms with Crippen molar-refractivity contribution in [2.45, 2.75) is 0 Å². The van der Waals surface area contributed by atoms with Crippen LogP contribution in [-0.4, -0.2) is 5.11 Å². The van der Waals surface area contributed by atoms with E-state index in [2.05, 4.69) is 6.07 Å². The maximum atomic E-state index is 9.36. The van der Waals surface area contributed by atoms with Gasteiger partial charge in [-0.2, -0.15) is 10.5 Å². The molecule has 1 heterocycles. The SMILES string of the molecule is N#Cc1ccc(-c2ccc(O)c(C#N)c2)s1. The number of phenols is 1. The van der Waals surface area contributed by atoms with Crippen LogP contribution in [0.3, 0.4) is 0 Å². The smallest absolute Gasteiger partial charge is 0.133 e. The molecule has 0 radical (unpaired) electrons. The third kappa shape index (κ3) is 1.75. The largest absolute Gasteiger partial charge is 0.507 e. The lowest BCUT2D eigenvalue weighted by molar-refractivity contribution is 0.473. The second kappa shape index (κ2) is 4.06. The van der Waals surface area contributed by atoms with Crippen LogP contribution < -0.4 is 0 Å². The van der Waals surface area contributed by atoms with Crippen LogP contribution in [0.4, 0.5) is 0 Å². The van der Waals surface area contributed by atoms with Gasteiger partial charge in [-0.25, -0.2) is 0 Å². The summed E-state index contributed by atoms with van der Waals surface area (Å²) in [6.07, 6.45) is 0. The highest BCUT2D eigenvalue weighted by molar-refractivity contribution is 7.16. The van der Waals surface area contributed by atoms with Crippen LogP contribution in [0, 0.1) is 22.7 Å². The van der Waals surface area contributed by atoms with Crippen LogP contribution in [0.15, 0.2) is 30.3 Å². The van der Waals surface area contributed by atoms with E-state index in [1.54, 1.807) is 18.2 Å². The van der Waals surface area contributed by atoms with E-state index in [1.807, 2.05) is 12.1 Å². The summed E-state index contributed by atoms with van der Waals surface area (Å²) < 4.78 is 0. The van der Waals surface area contributed by atoms with Crippen molar-refractivity contribution >= 4 is 11.3 Å². The van der Waals surface area contributed by atoms with Crippen LogP contribution in [-0.2, 0) is 0 Å². The van der Waals surface area contributed by atoms with E-state index in [-0.39, 0.29) is 11.3 Å². The van der Waals surface area contributed by atoms with Gasteiger partial charge >= 0.3 is 0 Å². The fourth-order valence-corrected chi connectivity index (χ4v) is 2.13. The molecule has 0 spiro atoms. The van der Waals surface area contributed by atoms with Gasteiger partial charge in [0, 0.05) is 4.88 Å². The summed E-state index contributed by atoms with van der Waals surface area (Å²) in [5, 5.41) is 26.9. The zero-order valence-electron chi connectivity index (χ0n) is 8.14. The highest BCUT2D eigenvalue weighted by atomic mass is 32.1. The number of benzene rings is 1. The number of nitriles is 2. The van der Waals surface area contributed by atoms with E-state index < -0.39 is 0 Å². The molecule has 0 amide bonds. The summed E-state index contributed by atoms with van der Waals surface area (Å²) in [4.78, 5) is 1.54. The molecule has 1 N–H and O–H groups in total. The second-order valence-corrected chi connectivity index (χ2v) is 4.20. The van der Waals surface area contributed by atoms with Crippen LogP contribution in [0.2, 0.25) is 0 Å². The van der Waals surface area contributed by atoms with Gasteiger partial charge in [-0.3, -0.25) is 0 Å². The van der Waals surface area contributed by atoms with Crippen molar-refractivity contribution in [2.24, 2.45) is 0 Å². The third-order valence-corrected chi connectivity index (χ3v) is 3.16. The number of hydrogen-bond donors (Lipinski definition) is 1. The van der Waals surface area contributed by atoms with Crippen LogP contribution in [0.25, 0.3) is 10.4 Å². The standard InChI is InChI=1S/C12H6N2OS/c13-6-9-5-8(1-3-11(9)15)12-4-2-10(7-14)16-12/h1-5,15H. The van der Waals surface area contributed by atoms with Crippen molar-refractivity contribution in [2.75, 3.05) is 0 Å². The Kier molecular flexibility index (Phi) is 2.59. The van der Waals surface area contributed by atoms with Crippen LogP contribution in [0.5, 0.6) is 5.75 Å². The van der Waals surface area contributed by atoms with Crippen LogP contribution in [0.1, 0.15) is 10.4 Å². The Morgan fingerprint density at radius 2 is 1.88 bits per heavy atom. The average molecular weight is 226 g/mol. The first-order valence-electron chi connectivity index (χ1n) is 4.48. The maximum absolute atomic E-state index is 9.36. The van der Waals surface area contributed by atoms with E-state index >= 15 is 0 Å². The number of phenolic OH excluding ortho intramolecular Hbond substituents is 1. The molecule has 0 aliphatic rings. The Hall–Kier alpha value is -2.30. The van der Waals surface area contributed by atoms with Gasteiger partial charge in [0.05, 0.1) is 5.56 Å². The molecule has 0 saturated heterocycles. The van der Waals surface area contributed by atoms with E-state index in [0.717, 1.165) is 10.4 Å². The molecule has 0 unspecified atom stereocenters. The summed E-state index contributed by atoms with van der Waals surface area (Å²) in [7, 11) is 0. The fourth-order valence-electron chi connectivity index (χ4n) is 1.33. The first-order chi connectivity index (χ1) is 7.74. The number of thiophene rings is 1. The lowest BCUT2D eigenvalue weighted by Crippen LogP contribution is -1.78. The molecule has 2 rings (SSSR count). The summed E-state index contributed by atoms with van der Waals surface area (Å²) in [6, 6.07) is 12.4. The molecule has 4 heteroatoms. The topological polar surface area (TPSA) is 67.8 Å². The molecule has 0 aliphatic carbocycles. The molecule has 16 heavy (non-hydrogen) atoms. The summed E-state index contributed by atoms with van der Waals surface area (Å²) in [5.74, 6) is -0.0247. The maximum Gasteiger partial charge on any atom is 0.133 e. The average Bonchev–Trinajstić information content (AvgIpc) is 2.78. The van der Waals surface area contributed by atoms with E-state index in [4.69, 9.17) is 10.5 Å². The highest BCUT2D eigenvalue weighted by Crippen LogP contribution is 2.30. The molecule has 76 valence electrons. The minimum Gasteiger partial charge on any atom is -0.507 e. The van der Waals surface area contributed by atoms with Gasteiger partial charge in [-0.05, 0) is 35.9 Å². The normalized spacial score (nSPS) is 9.38. The van der Waals surface area contributed by atoms with Crippen molar-refractivity contribution in [1.29, 1.82) is 10.5 Å². The quantitative estimate of drug-likeness (QED) is 0.812. The van der Waals surface area contributed by atoms with Gasteiger partial charge in [0.2, 0.25) is 0 Å². The second-order valence-electron chi connectivity index (χ2n) is 3.12. The Labute approximate surface area is 96.4 Å². The summed E-state index contributed by atoms with van der Waals surface area (Å²) >= 11 is 1.36. The van der Waals surface area contributed by atoms with Crippen molar-refractivity contribution in [3.63, 3.8) is 0 Å². The monoisotopic (exact) mass is 226 g/mol. The van der Waals surface area contributed by atoms with Crippen molar-refractivity contribution < 1.29 is 5.11 Å².